The van der Waals surface area contributed by atoms with Crippen LogP contribution < -0.4 is 0 Å². The molecule has 0 spiro atoms. The minimum atomic E-state index is 0.0707. The van der Waals surface area contributed by atoms with E-state index in [0.29, 0.717) is 0 Å². The minimum Gasteiger partial charge on any atom is -0.267 e. The van der Waals surface area contributed by atoms with Gasteiger partial charge in [0, 0.05) is 11.8 Å². The topological polar surface area (TPSA) is 17.8 Å². The monoisotopic (exact) mass is 150 g/mol. The molecule has 0 unspecified atom stereocenters. The molecule has 2 nitrogen and oxygen atoms in total. The molecule has 0 amide bonds. The van der Waals surface area contributed by atoms with Crippen LogP contribution in [0.4, 0.5) is 0 Å². The van der Waals surface area contributed by atoms with Gasteiger partial charge in [0.15, 0.2) is 0 Å². The van der Waals surface area contributed by atoms with E-state index >= 15 is 0 Å². The molecular formula is C9H14N2. The fourth-order valence-electron chi connectivity index (χ4n) is 0.809. The first kappa shape index (κ1) is 8.05. The van der Waals surface area contributed by atoms with Crippen molar-refractivity contribution in [2.75, 3.05) is 0 Å². The molecule has 0 saturated carbocycles. The van der Waals surface area contributed by atoms with Gasteiger partial charge in [-0.15, -0.1) is 0 Å². The molecule has 1 heterocycles. The summed E-state index contributed by atoms with van der Waals surface area (Å²) in [5.41, 5.74) is 1.14. The van der Waals surface area contributed by atoms with Gasteiger partial charge in [0.2, 0.25) is 0 Å². The van der Waals surface area contributed by atoms with Crippen molar-refractivity contribution in [3.8, 4) is 0 Å². The molecule has 60 valence electrons. The number of aromatic nitrogens is 2. The van der Waals surface area contributed by atoms with Crippen molar-refractivity contribution in [2.24, 2.45) is 0 Å². The highest BCUT2D eigenvalue weighted by molar-refractivity contribution is 5.43. The molecule has 0 aliphatic heterocycles. The third-order valence-corrected chi connectivity index (χ3v) is 1.53. The Morgan fingerprint density at radius 1 is 1.55 bits per heavy atom. The first-order valence-electron chi connectivity index (χ1n) is 3.71. The summed E-state index contributed by atoms with van der Waals surface area (Å²) in [6, 6.07) is 0. The van der Waals surface area contributed by atoms with Gasteiger partial charge in [0.05, 0.1) is 11.7 Å². The summed E-state index contributed by atoms with van der Waals surface area (Å²) < 4.78 is 1.93. The summed E-state index contributed by atoms with van der Waals surface area (Å²) in [6.45, 7) is 10.0. The third kappa shape index (κ3) is 1.70. The van der Waals surface area contributed by atoms with Crippen molar-refractivity contribution in [1.29, 1.82) is 0 Å². The normalized spacial score (nSPS) is 11.5. The second-order valence-electron chi connectivity index (χ2n) is 3.59. The van der Waals surface area contributed by atoms with E-state index in [1.807, 2.05) is 17.1 Å². The van der Waals surface area contributed by atoms with Crippen molar-refractivity contribution in [2.45, 2.75) is 26.3 Å². The Morgan fingerprint density at radius 3 is 2.45 bits per heavy atom. The lowest BCUT2D eigenvalue weighted by Gasteiger charge is -2.18. The molecule has 0 bridgehead atoms. The molecule has 0 aliphatic rings. The highest BCUT2D eigenvalue weighted by atomic mass is 15.3. The molecule has 0 fully saturated rings. The summed E-state index contributed by atoms with van der Waals surface area (Å²) in [7, 11) is 0. The van der Waals surface area contributed by atoms with Gasteiger partial charge >= 0.3 is 0 Å². The molecule has 0 aromatic carbocycles. The van der Waals surface area contributed by atoms with Crippen LogP contribution in [0.5, 0.6) is 0 Å². The maximum atomic E-state index is 4.20. The fourth-order valence-corrected chi connectivity index (χ4v) is 0.809. The largest absolute Gasteiger partial charge is 0.267 e. The van der Waals surface area contributed by atoms with E-state index in [1.54, 1.807) is 6.08 Å². The Bertz CT molecular complexity index is 253. The molecule has 0 atom stereocenters. The average molecular weight is 150 g/mol. The van der Waals surface area contributed by atoms with Gasteiger partial charge < -0.3 is 0 Å². The van der Waals surface area contributed by atoms with E-state index in [-0.39, 0.29) is 5.54 Å². The number of nitrogens with zero attached hydrogens (tertiary/aromatic N) is 2. The van der Waals surface area contributed by atoms with Crippen LogP contribution in [0.1, 0.15) is 26.3 Å². The van der Waals surface area contributed by atoms with Crippen molar-refractivity contribution < 1.29 is 0 Å². The molecule has 0 N–H and O–H groups in total. The van der Waals surface area contributed by atoms with Crippen molar-refractivity contribution in [1.82, 2.24) is 9.78 Å². The highest BCUT2D eigenvalue weighted by Crippen LogP contribution is 2.13. The van der Waals surface area contributed by atoms with Crippen LogP contribution in [0.25, 0.3) is 6.08 Å². The quantitative estimate of drug-likeness (QED) is 0.600. The molecule has 0 radical (unpaired) electrons. The summed E-state index contributed by atoms with van der Waals surface area (Å²) in [5, 5.41) is 4.20. The first-order chi connectivity index (χ1) is 5.04. The van der Waals surface area contributed by atoms with E-state index in [4.69, 9.17) is 0 Å². The zero-order chi connectivity index (χ0) is 8.48. The first-order valence-corrected chi connectivity index (χ1v) is 3.71. The lowest BCUT2D eigenvalue weighted by molar-refractivity contribution is 0.355. The van der Waals surface area contributed by atoms with E-state index in [9.17, 15) is 0 Å². The van der Waals surface area contributed by atoms with Gasteiger partial charge in [0.1, 0.15) is 0 Å². The van der Waals surface area contributed by atoms with E-state index in [0.717, 1.165) is 5.56 Å². The lowest BCUT2D eigenvalue weighted by atomic mass is 10.1. The predicted molar refractivity (Wildman–Crippen MR) is 47.3 cm³/mol. The van der Waals surface area contributed by atoms with Crippen LogP contribution in [-0.4, -0.2) is 9.78 Å². The zero-order valence-corrected chi connectivity index (χ0v) is 7.33. The summed E-state index contributed by atoms with van der Waals surface area (Å²) in [4.78, 5) is 0. The maximum absolute atomic E-state index is 4.20. The minimum absolute atomic E-state index is 0.0707. The Kier molecular flexibility index (Phi) is 1.85. The zero-order valence-electron chi connectivity index (χ0n) is 7.33. The highest BCUT2D eigenvalue weighted by Gasteiger charge is 2.12. The van der Waals surface area contributed by atoms with E-state index < -0.39 is 0 Å². The molecule has 11 heavy (non-hydrogen) atoms. The van der Waals surface area contributed by atoms with Crippen LogP contribution in [0.15, 0.2) is 19.0 Å². The van der Waals surface area contributed by atoms with Crippen LogP contribution >= 0.6 is 0 Å². The Labute approximate surface area is 67.5 Å². The second-order valence-corrected chi connectivity index (χ2v) is 3.59. The van der Waals surface area contributed by atoms with Gasteiger partial charge in [-0.2, -0.15) is 5.10 Å². The molecule has 0 saturated heterocycles. The van der Waals surface area contributed by atoms with Gasteiger partial charge in [0.25, 0.3) is 0 Å². The van der Waals surface area contributed by atoms with Gasteiger partial charge in [-0.05, 0) is 20.8 Å². The van der Waals surface area contributed by atoms with Gasteiger partial charge in [-0.3, -0.25) is 4.68 Å². The molecule has 1 rings (SSSR count). The fraction of sp³-hybridized carbons (Fsp3) is 0.444. The van der Waals surface area contributed by atoms with Crippen molar-refractivity contribution in [3.63, 3.8) is 0 Å². The summed E-state index contributed by atoms with van der Waals surface area (Å²) in [5.74, 6) is 0. The summed E-state index contributed by atoms with van der Waals surface area (Å²) >= 11 is 0. The third-order valence-electron chi connectivity index (χ3n) is 1.53. The van der Waals surface area contributed by atoms with Crippen molar-refractivity contribution >= 4 is 6.08 Å². The van der Waals surface area contributed by atoms with Gasteiger partial charge in [-0.1, -0.05) is 12.7 Å². The molecule has 0 aliphatic carbocycles. The molecule has 2 heteroatoms. The number of rotatable bonds is 1. The van der Waals surface area contributed by atoms with E-state index in [1.165, 1.54) is 0 Å². The molecule has 1 aromatic rings. The van der Waals surface area contributed by atoms with E-state index in [2.05, 4.69) is 32.4 Å². The van der Waals surface area contributed by atoms with Crippen LogP contribution in [0.3, 0.4) is 0 Å². The maximum Gasteiger partial charge on any atom is 0.0562 e. The number of hydrogen-bond donors (Lipinski definition) is 0. The smallest absolute Gasteiger partial charge is 0.0562 e. The Balaban J connectivity index is 2.98. The summed E-state index contributed by atoms with van der Waals surface area (Å²) in [6.07, 6.45) is 5.61. The van der Waals surface area contributed by atoms with Crippen LogP contribution in [0.2, 0.25) is 0 Å². The lowest BCUT2D eigenvalue weighted by Crippen LogP contribution is -2.21. The molecular weight excluding hydrogens is 136 g/mol. The SMILES string of the molecule is C=Cc1cnn(C(C)(C)C)c1. The number of hydrogen-bond acceptors (Lipinski definition) is 1. The predicted octanol–water partition coefficient (Wildman–Crippen LogP) is 2.28. The standard InChI is InChI=1S/C9H14N2/c1-5-8-6-10-11(7-8)9(2,3)4/h5-7H,1H2,2-4H3. The van der Waals surface area contributed by atoms with Crippen LogP contribution in [-0.2, 0) is 5.54 Å². The Hall–Kier alpha value is -1.05. The average Bonchev–Trinajstić information content (AvgIpc) is 2.32. The Morgan fingerprint density at radius 2 is 2.18 bits per heavy atom. The van der Waals surface area contributed by atoms with Gasteiger partial charge in [-0.25, -0.2) is 0 Å². The second kappa shape index (κ2) is 2.53. The van der Waals surface area contributed by atoms with Crippen molar-refractivity contribution in [3.05, 3.63) is 24.5 Å². The van der Waals surface area contributed by atoms with Crippen LogP contribution in [0, 0.1) is 0 Å². The molecule has 1 aromatic heterocycles.